The van der Waals surface area contributed by atoms with Gasteiger partial charge in [-0.3, -0.25) is 4.79 Å². The molecule has 4 rings (SSSR count). The number of carbonyl (C=O) groups is 1. The van der Waals surface area contributed by atoms with E-state index in [2.05, 4.69) is 18.2 Å². The van der Waals surface area contributed by atoms with Crippen molar-refractivity contribution in [3.63, 3.8) is 0 Å². The van der Waals surface area contributed by atoms with Crippen LogP contribution in [0.1, 0.15) is 29.4 Å². The van der Waals surface area contributed by atoms with Crippen molar-refractivity contribution >= 4 is 16.9 Å². The van der Waals surface area contributed by atoms with Crippen LogP contribution < -0.4 is 15.2 Å². The Bertz CT molecular complexity index is 1290. The molecule has 1 heterocycles. The van der Waals surface area contributed by atoms with Crippen LogP contribution in [0.2, 0.25) is 0 Å². The van der Waals surface area contributed by atoms with Gasteiger partial charge in [0.15, 0.2) is 0 Å². The highest BCUT2D eigenvalue weighted by Gasteiger charge is 2.17. The van der Waals surface area contributed by atoms with Gasteiger partial charge in [-0.1, -0.05) is 37.3 Å². The number of ether oxygens (including phenoxy) is 2. The number of methoxy groups -OCH3 is 1. The maximum absolute atomic E-state index is 11.3. The highest BCUT2D eigenvalue weighted by Crippen LogP contribution is 2.33. The zero-order valence-corrected chi connectivity index (χ0v) is 18.8. The Morgan fingerprint density at radius 3 is 2.61 bits per heavy atom. The Morgan fingerprint density at radius 2 is 1.88 bits per heavy atom. The summed E-state index contributed by atoms with van der Waals surface area (Å²) in [5, 5.41) is 10.2. The van der Waals surface area contributed by atoms with Gasteiger partial charge in [0.2, 0.25) is 0 Å². The van der Waals surface area contributed by atoms with Crippen molar-refractivity contribution in [1.29, 1.82) is 0 Å². The molecule has 0 atom stereocenters. The molecule has 33 heavy (non-hydrogen) atoms. The minimum Gasteiger partial charge on any atom is -0.497 e. The highest BCUT2D eigenvalue weighted by atomic mass is 16.5. The second kappa shape index (κ2) is 9.79. The van der Waals surface area contributed by atoms with Crippen molar-refractivity contribution in [2.75, 3.05) is 7.11 Å². The van der Waals surface area contributed by atoms with Crippen molar-refractivity contribution in [3.05, 3.63) is 83.1 Å². The highest BCUT2D eigenvalue weighted by molar-refractivity contribution is 5.87. The van der Waals surface area contributed by atoms with E-state index in [4.69, 9.17) is 19.6 Å². The maximum atomic E-state index is 11.3. The lowest BCUT2D eigenvalue weighted by Crippen LogP contribution is -2.05. The SMILES string of the molecule is CCc1oc2ccc(-c3cccc(CN)c3)cc2c1COc1cc(OC)ccc1CC(=O)O. The Balaban J connectivity index is 1.71. The van der Waals surface area contributed by atoms with Crippen molar-refractivity contribution in [1.82, 2.24) is 0 Å². The zero-order valence-electron chi connectivity index (χ0n) is 18.8. The number of carboxylic acids is 1. The summed E-state index contributed by atoms with van der Waals surface area (Å²) in [6, 6.07) is 19.5. The molecular weight excluding hydrogens is 418 g/mol. The van der Waals surface area contributed by atoms with Gasteiger partial charge in [0.25, 0.3) is 0 Å². The molecule has 4 aromatic rings. The standard InChI is InChI=1S/C27H27NO5/c1-3-24-23(16-32-26-14-21(31-2)9-7-20(26)13-27(29)30)22-12-19(8-10-25(22)33-24)18-6-4-5-17(11-18)15-28/h4-12,14H,3,13,15-16,28H2,1-2H3,(H,29,30). The molecule has 0 aliphatic rings. The second-order valence-corrected chi connectivity index (χ2v) is 7.81. The maximum Gasteiger partial charge on any atom is 0.307 e. The third-order valence-corrected chi connectivity index (χ3v) is 5.68. The number of fused-ring (bicyclic) bond motifs is 1. The monoisotopic (exact) mass is 445 g/mol. The molecule has 3 N–H and O–H groups in total. The quantitative estimate of drug-likeness (QED) is 0.361. The van der Waals surface area contributed by atoms with Crippen LogP contribution in [0.5, 0.6) is 11.5 Å². The average molecular weight is 446 g/mol. The number of aryl methyl sites for hydroxylation is 1. The van der Waals surface area contributed by atoms with Gasteiger partial charge in [0.05, 0.1) is 13.5 Å². The van der Waals surface area contributed by atoms with Crippen molar-refractivity contribution in [3.8, 4) is 22.6 Å². The van der Waals surface area contributed by atoms with Crippen molar-refractivity contribution in [2.45, 2.75) is 32.9 Å². The lowest BCUT2D eigenvalue weighted by Gasteiger charge is -2.12. The molecule has 0 saturated heterocycles. The van der Waals surface area contributed by atoms with Gasteiger partial charge in [-0.2, -0.15) is 0 Å². The molecular formula is C27H27NO5. The van der Waals surface area contributed by atoms with Crippen LogP contribution >= 0.6 is 0 Å². The van der Waals surface area contributed by atoms with Gasteiger partial charge < -0.3 is 24.7 Å². The number of hydrogen-bond donors (Lipinski definition) is 2. The smallest absolute Gasteiger partial charge is 0.307 e. The van der Waals surface area contributed by atoms with E-state index < -0.39 is 5.97 Å². The van der Waals surface area contributed by atoms with Gasteiger partial charge in [0.1, 0.15) is 29.4 Å². The van der Waals surface area contributed by atoms with E-state index in [1.54, 1.807) is 25.3 Å². The number of carboxylic acid groups (broad SMARTS) is 1. The van der Waals surface area contributed by atoms with E-state index >= 15 is 0 Å². The summed E-state index contributed by atoms with van der Waals surface area (Å²) in [6.07, 6.45) is 0.583. The Morgan fingerprint density at radius 1 is 1.06 bits per heavy atom. The predicted octanol–water partition coefficient (Wildman–Crippen LogP) is 5.34. The molecule has 0 spiro atoms. The molecule has 1 aromatic heterocycles. The van der Waals surface area contributed by atoms with E-state index in [0.717, 1.165) is 39.0 Å². The molecule has 0 saturated carbocycles. The summed E-state index contributed by atoms with van der Waals surface area (Å²) in [5.74, 6) is 1.02. The van der Waals surface area contributed by atoms with Gasteiger partial charge in [-0.05, 0) is 41.0 Å². The minimum atomic E-state index is -0.919. The van der Waals surface area contributed by atoms with Crippen molar-refractivity contribution in [2.24, 2.45) is 5.73 Å². The molecule has 3 aromatic carbocycles. The first-order valence-corrected chi connectivity index (χ1v) is 10.9. The fraction of sp³-hybridized carbons (Fsp3) is 0.222. The Labute approximate surface area is 192 Å². The molecule has 170 valence electrons. The van der Waals surface area contributed by atoms with Gasteiger partial charge in [-0.15, -0.1) is 0 Å². The van der Waals surface area contributed by atoms with Crippen LogP contribution in [0.15, 0.2) is 65.1 Å². The van der Waals surface area contributed by atoms with Crippen LogP contribution in [0.3, 0.4) is 0 Å². The van der Waals surface area contributed by atoms with Gasteiger partial charge >= 0.3 is 5.97 Å². The Hall–Kier alpha value is -3.77. The normalized spacial score (nSPS) is 11.0. The zero-order chi connectivity index (χ0) is 23.4. The van der Waals surface area contributed by atoms with Crippen LogP contribution in [0.4, 0.5) is 0 Å². The number of nitrogens with two attached hydrogens (primary N) is 1. The molecule has 6 heteroatoms. The van der Waals surface area contributed by atoms with E-state index in [0.29, 0.717) is 30.0 Å². The summed E-state index contributed by atoms with van der Waals surface area (Å²) in [7, 11) is 1.57. The predicted molar refractivity (Wildman–Crippen MR) is 128 cm³/mol. The summed E-state index contributed by atoms with van der Waals surface area (Å²) >= 11 is 0. The third kappa shape index (κ3) is 4.86. The average Bonchev–Trinajstić information content (AvgIpc) is 3.20. The van der Waals surface area contributed by atoms with Gasteiger partial charge in [-0.25, -0.2) is 0 Å². The largest absolute Gasteiger partial charge is 0.497 e. The molecule has 0 fully saturated rings. The molecule has 0 bridgehead atoms. The first kappa shape index (κ1) is 22.4. The lowest BCUT2D eigenvalue weighted by molar-refractivity contribution is -0.136. The van der Waals surface area contributed by atoms with Crippen LogP contribution in [-0.4, -0.2) is 18.2 Å². The van der Waals surface area contributed by atoms with Gasteiger partial charge in [0, 0.05) is 35.5 Å². The summed E-state index contributed by atoms with van der Waals surface area (Å²) < 4.78 is 17.5. The molecule has 0 aliphatic carbocycles. The first-order valence-electron chi connectivity index (χ1n) is 10.9. The molecule has 0 amide bonds. The van der Waals surface area contributed by atoms with E-state index in [-0.39, 0.29) is 13.0 Å². The number of rotatable bonds is 9. The Kier molecular flexibility index (Phi) is 6.66. The number of hydrogen-bond acceptors (Lipinski definition) is 5. The van der Waals surface area contributed by atoms with Crippen LogP contribution in [-0.2, 0) is 30.8 Å². The molecule has 0 aliphatic heterocycles. The number of aliphatic carboxylic acids is 1. The summed E-state index contributed by atoms with van der Waals surface area (Å²) in [4.78, 5) is 11.3. The first-order chi connectivity index (χ1) is 16.0. The van der Waals surface area contributed by atoms with Crippen LogP contribution in [0.25, 0.3) is 22.1 Å². The van der Waals surface area contributed by atoms with E-state index in [1.165, 1.54) is 0 Å². The molecule has 6 nitrogen and oxygen atoms in total. The lowest BCUT2D eigenvalue weighted by atomic mass is 10.00. The number of benzene rings is 3. The molecule has 0 radical (unpaired) electrons. The molecule has 0 unspecified atom stereocenters. The summed E-state index contributed by atoms with van der Waals surface area (Å²) in [5.41, 5.74) is 11.4. The van der Waals surface area contributed by atoms with Crippen LogP contribution in [0, 0.1) is 0 Å². The topological polar surface area (TPSA) is 94.9 Å². The fourth-order valence-electron chi connectivity index (χ4n) is 3.96. The third-order valence-electron chi connectivity index (χ3n) is 5.68. The van der Waals surface area contributed by atoms with E-state index in [9.17, 15) is 9.90 Å². The van der Waals surface area contributed by atoms with Crippen molar-refractivity contribution < 1.29 is 23.8 Å². The van der Waals surface area contributed by atoms with E-state index in [1.807, 2.05) is 31.2 Å². The fourth-order valence-corrected chi connectivity index (χ4v) is 3.96. The second-order valence-electron chi connectivity index (χ2n) is 7.81. The summed E-state index contributed by atoms with van der Waals surface area (Å²) in [6.45, 7) is 2.77. The number of furan rings is 1. The minimum absolute atomic E-state index is 0.131.